The van der Waals surface area contributed by atoms with Crippen molar-refractivity contribution in [3.8, 4) is 17.4 Å². The van der Waals surface area contributed by atoms with Gasteiger partial charge in [-0.2, -0.15) is 4.98 Å². The second kappa shape index (κ2) is 16.1. The third kappa shape index (κ3) is 7.98. The molecule has 2 aromatic heterocycles. The van der Waals surface area contributed by atoms with Gasteiger partial charge in [0.25, 0.3) is 0 Å². The van der Waals surface area contributed by atoms with Gasteiger partial charge in [-0.1, -0.05) is 60.7 Å². The van der Waals surface area contributed by atoms with Gasteiger partial charge in [0.2, 0.25) is 11.8 Å². The first-order valence-electron chi connectivity index (χ1n) is 18.0. The lowest BCUT2D eigenvalue weighted by atomic mass is 9.86. The number of rotatable bonds is 13. The summed E-state index contributed by atoms with van der Waals surface area (Å²) in [5.74, 6) is 1.19. The van der Waals surface area contributed by atoms with Crippen LogP contribution in [0.15, 0.2) is 95.8 Å². The number of ether oxygens (including phenoxy) is 5. The molecule has 3 aromatic carbocycles. The van der Waals surface area contributed by atoms with Crippen LogP contribution in [0.25, 0.3) is 16.7 Å². The summed E-state index contributed by atoms with van der Waals surface area (Å²) in [6.07, 6.45) is 6.62. The predicted molar refractivity (Wildman–Crippen MR) is 198 cm³/mol. The zero-order valence-corrected chi connectivity index (χ0v) is 29.8. The molecular formula is C41H48N4O6. The van der Waals surface area contributed by atoms with E-state index in [-0.39, 0.29) is 18.1 Å². The summed E-state index contributed by atoms with van der Waals surface area (Å²) in [7, 11) is 5.25. The van der Waals surface area contributed by atoms with Crippen molar-refractivity contribution in [2.75, 3.05) is 32.2 Å². The number of methoxy groups -OCH3 is 2. The molecule has 268 valence electrons. The lowest BCUT2D eigenvalue weighted by Gasteiger charge is -2.37. The average Bonchev–Trinajstić information content (AvgIpc) is 3.43. The molecule has 2 aliphatic rings. The molecule has 51 heavy (non-hydrogen) atoms. The van der Waals surface area contributed by atoms with E-state index in [1.165, 1.54) is 0 Å². The van der Waals surface area contributed by atoms with Crippen LogP contribution in [0.1, 0.15) is 49.7 Å². The standard InChI is InChI=1S/C41H48N4O6/c1-43-37-26-32(44-24-22-34(23-25-44)51-33-17-14-31(15-18-33)40(47-2)48-3)16-19-35(37)45(41(43)46)36-20-21-38(49-27-29-10-6-4-7-11-29)42-39(36)50-28-30-12-8-5-9-13-30/h4-13,16,19-21,26,31,33-34,40H,14-15,17-18,22-25,27-28H2,1-3H3. The van der Waals surface area contributed by atoms with E-state index in [1.54, 1.807) is 29.4 Å². The van der Waals surface area contributed by atoms with E-state index in [0.717, 1.165) is 79.5 Å². The first-order chi connectivity index (χ1) is 25.0. The number of hydrogen-bond acceptors (Lipinski definition) is 8. The van der Waals surface area contributed by atoms with Crippen molar-refractivity contribution in [1.82, 2.24) is 14.1 Å². The molecule has 0 N–H and O–H groups in total. The Bertz CT molecular complexity index is 1920. The number of pyridine rings is 1. The number of aromatic nitrogens is 3. The van der Waals surface area contributed by atoms with E-state index in [2.05, 4.69) is 17.0 Å². The van der Waals surface area contributed by atoms with E-state index >= 15 is 0 Å². The first-order valence-corrected chi connectivity index (χ1v) is 18.0. The molecule has 0 unspecified atom stereocenters. The summed E-state index contributed by atoms with van der Waals surface area (Å²) < 4.78 is 33.3. The van der Waals surface area contributed by atoms with Gasteiger partial charge in [0, 0.05) is 52.0 Å². The minimum atomic E-state index is -0.171. The molecule has 0 atom stereocenters. The minimum Gasteiger partial charge on any atom is -0.473 e. The Morgan fingerprint density at radius 2 is 1.35 bits per heavy atom. The van der Waals surface area contributed by atoms with Crippen molar-refractivity contribution in [1.29, 1.82) is 0 Å². The summed E-state index contributed by atoms with van der Waals surface area (Å²) in [6.45, 7) is 2.48. The number of nitrogens with zero attached hydrogens (tertiary/aromatic N) is 4. The maximum absolute atomic E-state index is 13.9. The highest BCUT2D eigenvalue weighted by Crippen LogP contribution is 2.33. The van der Waals surface area contributed by atoms with Crippen LogP contribution in [-0.2, 0) is 34.5 Å². The smallest absolute Gasteiger partial charge is 0.333 e. The Labute approximate surface area is 299 Å². The monoisotopic (exact) mass is 692 g/mol. The minimum absolute atomic E-state index is 0.125. The molecule has 3 heterocycles. The van der Waals surface area contributed by atoms with Crippen LogP contribution in [0.5, 0.6) is 11.8 Å². The van der Waals surface area contributed by atoms with Gasteiger partial charge >= 0.3 is 5.69 Å². The van der Waals surface area contributed by atoms with Crippen LogP contribution >= 0.6 is 0 Å². The Morgan fingerprint density at radius 3 is 2.00 bits per heavy atom. The topological polar surface area (TPSA) is 89.2 Å². The van der Waals surface area contributed by atoms with Gasteiger partial charge in [0.15, 0.2) is 6.29 Å². The van der Waals surface area contributed by atoms with Crippen molar-refractivity contribution in [2.45, 2.75) is 70.2 Å². The molecular weight excluding hydrogens is 644 g/mol. The highest BCUT2D eigenvalue weighted by Gasteiger charge is 2.31. The average molecular weight is 693 g/mol. The normalized spacial score (nSPS) is 18.4. The molecule has 1 aliphatic heterocycles. The molecule has 0 amide bonds. The van der Waals surface area contributed by atoms with Gasteiger partial charge < -0.3 is 28.6 Å². The van der Waals surface area contributed by atoms with Gasteiger partial charge in [-0.3, -0.25) is 9.13 Å². The number of aryl methyl sites for hydroxylation is 1. The Hall–Kier alpha value is -4.64. The Morgan fingerprint density at radius 1 is 0.725 bits per heavy atom. The molecule has 0 bridgehead atoms. The van der Waals surface area contributed by atoms with Gasteiger partial charge in [-0.05, 0) is 73.9 Å². The van der Waals surface area contributed by atoms with Crippen molar-refractivity contribution in [3.63, 3.8) is 0 Å². The fourth-order valence-electron chi connectivity index (χ4n) is 7.49. The van der Waals surface area contributed by atoms with E-state index in [1.807, 2.05) is 79.8 Å². The number of benzene rings is 3. The fraction of sp³-hybridized carbons (Fsp3) is 0.415. The van der Waals surface area contributed by atoms with E-state index in [0.29, 0.717) is 42.7 Å². The van der Waals surface area contributed by atoms with Crippen LogP contribution in [-0.4, -0.2) is 59.9 Å². The molecule has 7 rings (SSSR count). The second-order valence-corrected chi connectivity index (χ2v) is 13.6. The molecule has 0 spiro atoms. The van der Waals surface area contributed by atoms with Crippen LogP contribution in [0.4, 0.5) is 5.69 Å². The highest BCUT2D eigenvalue weighted by atomic mass is 16.7. The molecule has 10 nitrogen and oxygen atoms in total. The molecule has 1 aliphatic carbocycles. The predicted octanol–water partition coefficient (Wildman–Crippen LogP) is 7.05. The number of anilines is 1. The summed E-state index contributed by atoms with van der Waals surface area (Å²) in [4.78, 5) is 21.0. The summed E-state index contributed by atoms with van der Waals surface area (Å²) >= 11 is 0. The first kappa shape index (κ1) is 34.8. The lowest BCUT2D eigenvalue weighted by Crippen LogP contribution is -2.39. The molecule has 5 aromatic rings. The molecule has 10 heteroatoms. The van der Waals surface area contributed by atoms with Crippen molar-refractivity contribution in [3.05, 3.63) is 113 Å². The number of piperidine rings is 1. The zero-order chi connectivity index (χ0) is 35.2. The van der Waals surface area contributed by atoms with Crippen LogP contribution in [0, 0.1) is 5.92 Å². The lowest BCUT2D eigenvalue weighted by molar-refractivity contribution is -0.153. The summed E-state index contributed by atoms with van der Waals surface area (Å²) in [6, 6.07) is 29.8. The zero-order valence-electron chi connectivity index (χ0n) is 29.8. The maximum Gasteiger partial charge on any atom is 0.333 e. The number of imidazole rings is 1. The number of fused-ring (bicyclic) bond motifs is 1. The third-order valence-electron chi connectivity index (χ3n) is 10.3. The maximum atomic E-state index is 13.9. The highest BCUT2D eigenvalue weighted by molar-refractivity contribution is 5.82. The van der Waals surface area contributed by atoms with Gasteiger partial charge in [0.1, 0.15) is 18.9 Å². The molecule has 2 fully saturated rings. The van der Waals surface area contributed by atoms with Gasteiger partial charge in [-0.15, -0.1) is 0 Å². The largest absolute Gasteiger partial charge is 0.473 e. The summed E-state index contributed by atoms with van der Waals surface area (Å²) in [5, 5.41) is 0. The van der Waals surface area contributed by atoms with Gasteiger partial charge in [0.05, 0.1) is 23.2 Å². The Balaban J connectivity index is 1.07. The quantitative estimate of drug-likeness (QED) is 0.121. The van der Waals surface area contributed by atoms with Gasteiger partial charge in [-0.25, -0.2) is 4.79 Å². The van der Waals surface area contributed by atoms with E-state index in [4.69, 9.17) is 28.7 Å². The van der Waals surface area contributed by atoms with Crippen LogP contribution in [0.2, 0.25) is 0 Å². The van der Waals surface area contributed by atoms with Crippen LogP contribution < -0.4 is 20.1 Å². The summed E-state index contributed by atoms with van der Waals surface area (Å²) in [5.41, 5.74) is 5.16. The molecule has 0 radical (unpaired) electrons. The Kier molecular flexibility index (Phi) is 11.0. The number of hydrogen-bond donors (Lipinski definition) is 0. The molecule has 1 saturated heterocycles. The van der Waals surface area contributed by atoms with Crippen molar-refractivity contribution < 1.29 is 23.7 Å². The third-order valence-corrected chi connectivity index (χ3v) is 10.3. The SMILES string of the molecule is COC(OC)C1CCC(OC2CCN(c3ccc4c(c3)n(C)c(=O)n4-c3ccc(OCc4ccccc4)nc3OCc3ccccc3)CC2)CC1. The second-order valence-electron chi connectivity index (χ2n) is 13.6. The van der Waals surface area contributed by atoms with Crippen molar-refractivity contribution >= 4 is 16.7 Å². The van der Waals surface area contributed by atoms with E-state index in [9.17, 15) is 4.79 Å². The van der Waals surface area contributed by atoms with Crippen LogP contribution in [0.3, 0.4) is 0 Å². The van der Waals surface area contributed by atoms with E-state index < -0.39 is 0 Å². The van der Waals surface area contributed by atoms with Crippen molar-refractivity contribution in [2.24, 2.45) is 13.0 Å². The fourth-order valence-corrected chi connectivity index (χ4v) is 7.49. The molecule has 1 saturated carbocycles.